The third-order valence-corrected chi connectivity index (χ3v) is 1.94. The second-order valence-electron chi connectivity index (χ2n) is 2.99. The van der Waals surface area contributed by atoms with Gasteiger partial charge in [0.2, 0.25) is 0 Å². The second-order valence-corrected chi connectivity index (χ2v) is 2.99. The fourth-order valence-electron chi connectivity index (χ4n) is 0.957. The highest BCUT2D eigenvalue weighted by Crippen LogP contribution is 2.09. The molecule has 0 bridgehead atoms. The van der Waals surface area contributed by atoms with E-state index in [0.717, 1.165) is 12.2 Å². The van der Waals surface area contributed by atoms with Gasteiger partial charge in [0.05, 0.1) is 0 Å². The molecule has 2 N–H and O–H groups in total. The van der Waals surface area contributed by atoms with Gasteiger partial charge in [-0.2, -0.15) is 0 Å². The minimum atomic E-state index is 0.312. The lowest BCUT2D eigenvalue weighted by Gasteiger charge is -2.05. The number of hydrogen-bond acceptors (Lipinski definition) is 2. The number of benzene rings is 1. The van der Waals surface area contributed by atoms with Gasteiger partial charge < -0.3 is 10.4 Å². The first-order chi connectivity index (χ1) is 6.22. The van der Waals surface area contributed by atoms with E-state index in [1.165, 1.54) is 5.56 Å². The number of aromatic hydroxyl groups is 1. The van der Waals surface area contributed by atoms with Gasteiger partial charge in [-0.3, -0.25) is 0 Å². The van der Waals surface area contributed by atoms with Gasteiger partial charge in [-0.05, 0) is 31.5 Å². The van der Waals surface area contributed by atoms with Crippen molar-refractivity contribution in [3.63, 3.8) is 0 Å². The normalized spacial score (nSPS) is 11.4. The zero-order valence-corrected chi connectivity index (χ0v) is 8.04. The maximum atomic E-state index is 9.05. The largest absolute Gasteiger partial charge is 0.508 e. The van der Waals surface area contributed by atoms with Gasteiger partial charge in [0.15, 0.2) is 0 Å². The molecule has 0 saturated heterocycles. The molecule has 0 amide bonds. The average molecular weight is 177 g/mol. The van der Waals surface area contributed by atoms with Gasteiger partial charge in [0.25, 0.3) is 0 Å². The molecule has 1 aromatic carbocycles. The van der Waals surface area contributed by atoms with Gasteiger partial charge in [0, 0.05) is 12.2 Å². The molecule has 2 heteroatoms. The van der Waals surface area contributed by atoms with Crippen molar-refractivity contribution in [1.82, 2.24) is 5.32 Å². The summed E-state index contributed by atoms with van der Waals surface area (Å²) in [5, 5.41) is 12.3. The van der Waals surface area contributed by atoms with Crippen LogP contribution in [0.3, 0.4) is 0 Å². The van der Waals surface area contributed by atoms with Gasteiger partial charge in [-0.25, -0.2) is 0 Å². The van der Waals surface area contributed by atoms with Crippen LogP contribution < -0.4 is 5.32 Å². The molecule has 2 nitrogen and oxygen atoms in total. The molecule has 1 aromatic rings. The molecule has 0 atom stereocenters. The Labute approximate surface area is 78.9 Å². The van der Waals surface area contributed by atoms with Crippen LogP contribution in [-0.2, 0) is 6.54 Å². The molecule has 0 saturated carbocycles. The molecule has 1 rings (SSSR count). The highest BCUT2D eigenvalue weighted by molar-refractivity contribution is 5.26. The lowest BCUT2D eigenvalue weighted by molar-refractivity contribution is 0.475. The number of allylic oxidation sites excluding steroid dienone is 2. The summed E-state index contributed by atoms with van der Waals surface area (Å²) in [5.74, 6) is 0.312. The van der Waals surface area contributed by atoms with Crippen LogP contribution in [0.25, 0.3) is 0 Å². The highest BCUT2D eigenvalue weighted by Gasteiger charge is 1.92. The lowest BCUT2D eigenvalue weighted by atomic mass is 10.2. The lowest BCUT2D eigenvalue weighted by Crippen LogP contribution is -2.09. The van der Waals surface area contributed by atoms with Crippen LogP contribution >= 0.6 is 0 Å². The summed E-state index contributed by atoms with van der Waals surface area (Å²) in [4.78, 5) is 0. The van der Waals surface area contributed by atoms with Crippen LogP contribution in [0.15, 0.2) is 36.0 Å². The number of rotatable bonds is 3. The Morgan fingerprint density at radius 3 is 2.54 bits per heavy atom. The van der Waals surface area contributed by atoms with Crippen molar-refractivity contribution in [3.05, 3.63) is 41.6 Å². The predicted octanol–water partition coefficient (Wildman–Crippen LogP) is 2.41. The quantitative estimate of drug-likeness (QED) is 0.743. The van der Waals surface area contributed by atoms with Gasteiger partial charge >= 0.3 is 0 Å². The molecule has 0 aliphatic carbocycles. The zero-order chi connectivity index (χ0) is 9.68. The van der Waals surface area contributed by atoms with Gasteiger partial charge in [-0.15, -0.1) is 0 Å². The Balaban J connectivity index is 2.51. The molecule has 0 radical (unpaired) electrons. The predicted molar refractivity (Wildman–Crippen MR) is 54.4 cm³/mol. The summed E-state index contributed by atoms with van der Waals surface area (Å²) < 4.78 is 0. The smallest absolute Gasteiger partial charge is 0.115 e. The van der Waals surface area contributed by atoms with Crippen LogP contribution in [0.4, 0.5) is 0 Å². The Morgan fingerprint density at radius 2 is 2.00 bits per heavy atom. The zero-order valence-electron chi connectivity index (χ0n) is 8.04. The van der Waals surface area contributed by atoms with Crippen LogP contribution in [0.5, 0.6) is 5.75 Å². The maximum absolute atomic E-state index is 9.05. The number of hydrogen-bond donors (Lipinski definition) is 2. The fourth-order valence-corrected chi connectivity index (χ4v) is 0.957. The van der Waals surface area contributed by atoms with Crippen molar-refractivity contribution < 1.29 is 5.11 Å². The Hall–Kier alpha value is -1.44. The van der Waals surface area contributed by atoms with E-state index in [9.17, 15) is 0 Å². The molecule has 0 heterocycles. The minimum absolute atomic E-state index is 0.312. The van der Waals surface area contributed by atoms with Gasteiger partial charge in [-0.1, -0.05) is 18.2 Å². The summed E-state index contributed by atoms with van der Waals surface area (Å²) in [6.07, 6.45) is 2.03. The Kier molecular flexibility index (Phi) is 3.38. The van der Waals surface area contributed by atoms with Crippen LogP contribution in [0.2, 0.25) is 0 Å². The first kappa shape index (κ1) is 9.65. The number of nitrogens with one attached hydrogen (secondary N) is 1. The SMILES string of the molecule is C/C=C(\C)NCc1ccc(O)cc1. The Morgan fingerprint density at radius 1 is 1.38 bits per heavy atom. The van der Waals surface area contributed by atoms with Crippen molar-refractivity contribution in [3.8, 4) is 5.75 Å². The molecule has 0 aliphatic rings. The average Bonchev–Trinajstić information content (AvgIpc) is 2.16. The number of phenols is 1. The van der Waals surface area contributed by atoms with E-state index in [4.69, 9.17) is 5.11 Å². The molecule has 13 heavy (non-hydrogen) atoms. The summed E-state index contributed by atoms with van der Waals surface area (Å²) in [6.45, 7) is 4.83. The molecule has 70 valence electrons. The van der Waals surface area contributed by atoms with E-state index < -0.39 is 0 Å². The molecule has 0 aliphatic heterocycles. The molecule has 0 fully saturated rings. The Bertz CT molecular complexity index is 287. The molecular formula is C11H15NO. The van der Waals surface area contributed by atoms with Crippen LogP contribution in [0.1, 0.15) is 19.4 Å². The molecular weight excluding hydrogens is 162 g/mol. The van der Waals surface area contributed by atoms with Crippen LogP contribution in [-0.4, -0.2) is 5.11 Å². The summed E-state index contributed by atoms with van der Waals surface area (Å²) in [7, 11) is 0. The first-order valence-electron chi connectivity index (χ1n) is 4.37. The van der Waals surface area contributed by atoms with Crippen molar-refractivity contribution in [1.29, 1.82) is 0 Å². The molecule has 0 spiro atoms. The molecule has 0 unspecified atom stereocenters. The maximum Gasteiger partial charge on any atom is 0.115 e. The summed E-state index contributed by atoms with van der Waals surface area (Å²) in [5.41, 5.74) is 2.33. The third kappa shape index (κ3) is 3.20. The molecule has 0 aromatic heterocycles. The van der Waals surface area contributed by atoms with Crippen molar-refractivity contribution in [2.24, 2.45) is 0 Å². The van der Waals surface area contributed by atoms with Crippen molar-refractivity contribution in [2.45, 2.75) is 20.4 Å². The summed E-state index contributed by atoms with van der Waals surface area (Å²) in [6, 6.07) is 7.21. The topological polar surface area (TPSA) is 32.3 Å². The highest BCUT2D eigenvalue weighted by atomic mass is 16.3. The van der Waals surface area contributed by atoms with Crippen LogP contribution in [0, 0.1) is 0 Å². The summed E-state index contributed by atoms with van der Waals surface area (Å²) >= 11 is 0. The van der Waals surface area contributed by atoms with E-state index in [1.54, 1.807) is 12.1 Å². The van der Waals surface area contributed by atoms with E-state index in [1.807, 2.05) is 32.1 Å². The van der Waals surface area contributed by atoms with Crippen molar-refractivity contribution >= 4 is 0 Å². The fraction of sp³-hybridized carbons (Fsp3) is 0.273. The second kappa shape index (κ2) is 4.55. The number of phenolic OH excluding ortho intramolecular Hbond substituents is 1. The van der Waals surface area contributed by atoms with Crippen molar-refractivity contribution in [2.75, 3.05) is 0 Å². The van der Waals surface area contributed by atoms with E-state index >= 15 is 0 Å². The van der Waals surface area contributed by atoms with E-state index in [0.29, 0.717) is 5.75 Å². The first-order valence-corrected chi connectivity index (χ1v) is 4.37. The monoisotopic (exact) mass is 177 g/mol. The van der Waals surface area contributed by atoms with Gasteiger partial charge in [0.1, 0.15) is 5.75 Å². The third-order valence-electron chi connectivity index (χ3n) is 1.94. The van der Waals surface area contributed by atoms with E-state index in [-0.39, 0.29) is 0 Å². The standard InChI is InChI=1S/C11H15NO/c1-3-9(2)12-8-10-4-6-11(13)7-5-10/h3-7,12-13H,8H2,1-2H3/b9-3+. The van der Waals surface area contributed by atoms with E-state index in [2.05, 4.69) is 5.32 Å². The minimum Gasteiger partial charge on any atom is -0.508 e.